The number of ketones is 1. The molecule has 1 fully saturated rings. The first-order valence-corrected chi connectivity index (χ1v) is 6.87. The molecule has 1 N–H and O–H groups in total. The molecule has 1 saturated carbocycles. The van der Waals surface area contributed by atoms with E-state index in [4.69, 9.17) is 0 Å². The molecule has 4 heteroatoms. The molecule has 0 bridgehead atoms. The Morgan fingerprint density at radius 1 is 1.42 bits per heavy atom. The van der Waals surface area contributed by atoms with Crippen LogP contribution in [0.15, 0.2) is 18.2 Å². The molecule has 0 amide bonds. The lowest BCUT2D eigenvalue weighted by atomic mass is 10.1. The van der Waals surface area contributed by atoms with Gasteiger partial charge in [0.2, 0.25) is 0 Å². The number of carbonyl (C=O) groups excluding carboxylic acids is 1. The summed E-state index contributed by atoms with van der Waals surface area (Å²) >= 11 is 0. The smallest absolute Gasteiger partial charge is 0.180 e. The Morgan fingerprint density at radius 2 is 2.11 bits per heavy atom. The van der Waals surface area contributed by atoms with Gasteiger partial charge < -0.3 is 5.11 Å². The number of rotatable bonds is 5. The van der Waals surface area contributed by atoms with Crippen LogP contribution in [0.2, 0.25) is 0 Å². The number of hydrogen-bond acceptors (Lipinski definition) is 3. The molecule has 3 nitrogen and oxygen atoms in total. The first-order chi connectivity index (χ1) is 9.11. The van der Waals surface area contributed by atoms with Crippen LogP contribution in [0.4, 0.5) is 4.39 Å². The number of phenolic OH excluding ortho intramolecular Hbond substituents is 1. The van der Waals surface area contributed by atoms with E-state index in [0.717, 1.165) is 31.5 Å². The molecule has 0 radical (unpaired) electrons. The Hall–Kier alpha value is -1.42. The highest BCUT2D eigenvalue weighted by Crippen LogP contribution is 2.24. The van der Waals surface area contributed by atoms with Gasteiger partial charge in [-0.3, -0.25) is 9.69 Å². The number of likely N-dealkylation sites (N-methyl/N-ethyl adjacent to an activating group) is 1. The van der Waals surface area contributed by atoms with Crippen molar-refractivity contribution in [1.82, 2.24) is 4.90 Å². The van der Waals surface area contributed by atoms with Crippen LogP contribution in [0.5, 0.6) is 5.75 Å². The third-order valence-corrected chi connectivity index (χ3v) is 3.85. The van der Waals surface area contributed by atoms with Gasteiger partial charge in [-0.05, 0) is 37.6 Å². The summed E-state index contributed by atoms with van der Waals surface area (Å²) in [6.07, 6.45) is 4.66. The Kier molecular flexibility index (Phi) is 4.53. The van der Waals surface area contributed by atoms with Crippen molar-refractivity contribution in [3.05, 3.63) is 29.6 Å². The molecule has 104 valence electrons. The zero-order valence-electron chi connectivity index (χ0n) is 11.2. The Bertz CT molecular complexity index is 455. The minimum atomic E-state index is -0.495. The summed E-state index contributed by atoms with van der Waals surface area (Å²) in [6.45, 7) is 3.07. The molecule has 0 spiro atoms. The van der Waals surface area contributed by atoms with Crippen molar-refractivity contribution in [1.29, 1.82) is 0 Å². The van der Waals surface area contributed by atoms with Gasteiger partial charge in [0.1, 0.15) is 11.6 Å². The molecule has 2 rings (SSSR count). The fourth-order valence-electron chi connectivity index (χ4n) is 2.77. The third kappa shape index (κ3) is 3.32. The SMILES string of the molecule is CCN(CC(=O)c1cc(F)ccc1O)C1CCCC1. The highest BCUT2D eigenvalue weighted by atomic mass is 19.1. The van der Waals surface area contributed by atoms with Crippen molar-refractivity contribution in [3.8, 4) is 5.75 Å². The number of benzene rings is 1. The highest BCUT2D eigenvalue weighted by Gasteiger charge is 2.24. The average molecular weight is 265 g/mol. The predicted octanol–water partition coefficient (Wildman–Crippen LogP) is 2.98. The summed E-state index contributed by atoms with van der Waals surface area (Å²) in [6, 6.07) is 3.94. The Morgan fingerprint density at radius 3 is 2.74 bits per heavy atom. The maximum absolute atomic E-state index is 13.2. The highest BCUT2D eigenvalue weighted by molar-refractivity contribution is 6.00. The molecule has 19 heavy (non-hydrogen) atoms. The van der Waals surface area contributed by atoms with Crippen LogP contribution in [-0.2, 0) is 0 Å². The second kappa shape index (κ2) is 6.15. The fraction of sp³-hybridized carbons (Fsp3) is 0.533. The maximum Gasteiger partial charge on any atom is 0.180 e. The van der Waals surface area contributed by atoms with Crippen molar-refractivity contribution in [2.45, 2.75) is 38.6 Å². The van der Waals surface area contributed by atoms with E-state index < -0.39 is 5.82 Å². The van der Waals surface area contributed by atoms with E-state index in [1.165, 1.54) is 18.9 Å². The summed E-state index contributed by atoms with van der Waals surface area (Å²) in [7, 11) is 0. The number of phenols is 1. The van der Waals surface area contributed by atoms with Crippen molar-refractivity contribution >= 4 is 5.78 Å². The molecule has 0 unspecified atom stereocenters. The lowest BCUT2D eigenvalue weighted by Gasteiger charge is -2.26. The molecule has 1 aromatic rings. The number of hydrogen-bond donors (Lipinski definition) is 1. The molecule has 0 heterocycles. The van der Waals surface area contributed by atoms with Gasteiger partial charge in [0.15, 0.2) is 5.78 Å². The summed E-state index contributed by atoms with van der Waals surface area (Å²) < 4.78 is 13.2. The monoisotopic (exact) mass is 265 g/mol. The van der Waals surface area contributed by atoms with Gasteiger partial charge in [0.05, 0.1) is 12.1 Å². The van der Waals surface area contributed by atoms with Crippen LogP contribution < -0.4 is 0 Å². The normalized spacial score (nSPS) is 16.2. The lowest BCUT2D eigenvalue weighted by Crippen LogP contribution is -2.37. The van der Waals surface area contributed by atoms with Crippen molar-refractivity contribution in [3.63, 3.8) is 0 Å². The van der Waals surface area contributed by atoms with Crippen LogP contribution in [-0.4, -0.2) is 34.9 Å². The van der Waals surface area contributed by atoms with Gasteiger partial charge in [-0.15, -0.1) is 0 Å². The van der Waals surface area contributed by atoms with E-state index in [1.54, 1.807) is 0 Å². The Balaban J connectivity index is 2.08. The molecular weight excluding hydrogens is 245 g/mol. The van der Waals surface area contributed by atoms with Gasteiger partial charge in [-0.1, -0.05) is 19.8 Å². The van der Waals surface area contributed by atoms with Gasteiger partial charge in [-0.25, -0.2) is 4.39 Å². The minimum Gasteiger partial charge on any atom is -0.507 e. The second-order valence-electron chi connectivity index (χ2n) is 5.09. The standard InChI is InChI=1S/C15H20FNO2/c1-2-17(12-5-3-4-6-12)10-15(19)13-9-11(16)7-8-14(13)18/h7-9,12,18H,2-6,10H2,1H3. The van der Waals surface area contributed by atoms with E-state index >= 15 is 0 Å². The largest absolute Gasteiger partial charge is 0.507 e. The molecule has 1 aliphatic carbocycles. The van der Waals surface area contributed by atoms with Crippen molar-refractivity contribution in [2.24, 2.45) is 0 Å². The van der Waals surface area contributed by atoms with Gasteiger partial charge in [0.25, 0.3) is 0 Å². The van der Waals surface area contributed by atoms with Crippen LogP contribution in [0.1, 0.15) is 43.0 Å². The average Bonchev–Trinajstić information content (AvgIpc) is 2.92. The molecule has 0 aliphatic heterocycles. The third-order valence-electron chi connectivity index (χ3n) is 3.85. The van der Waals surface area contributed by atoms with Crippen LogP contribution in [0.3, 0.4) is 0 Å². The maximum atomic E-state index is 13.2. The number of aromatic hydroxyl groups is 1. The van der Waals surface area contributed by atoms with Crippen LogP contribution in [0, 0.1) is 5.82 Å². The van der Waals surface area contributed by atoms with Gasteiger partial charge in [-0.2, -0.15) is 0 Å². The molecular formula is C15H20FNO2. The number of Topliss-reactive ketones (excluding diaryl/α,β-unsaturated/α-hetero) is 1. The summed E-state index contributed by atoms with van der Waals surface area (Å²) in [5.74, 6) is -0.857. The van der Waals surface area contributed by atoms with E-state index in [9.17, 15) is 14.3 Å². The van der Waals surface area contributed by atoms with Gasteiger partial charge in [0, 0.05) is 6.04 Å². The topological polar surface area (TPSA) is 40.5 Å². The van der Waals surface area contributed by atoms with E-state index in [2.05, 4.69) is 4.90 Å². The first-order valence-electron chi connectivity index (χ1n) is 6.87. The summed E-state index contributed by atoms with van der Waals surface area (Å²) in [4.78, 5) is 14.3. The fourth-order valence-corrected chi connectivity index (χ4v) is 2.77. The van der Waals surface area contributed by atoms with Gasteiger partial charge >= 0.3 is 0 Å². The second-order valence-corrected chi connectivity index (χ2v) is 5.09. The van der Waals surface area contributed by atoms with E-state index in [-0.39, 0.29) is 23.6 Å². The molecule has 0 atom stereocenters. The molecule has 1 aromatic carbocycles. The minimum absolute atomic E-state index is 0.0800. The van der Waals surface area contributed by atoms with Crippen LogP contribution >= 0.6 is 0 Å². The number of nitrogens with zero attached hydrogens (tertiary/aromatic N) is 1. The van der Waals surface area contributed by atoms with E-state index in [0.29, 0.717) is 6.04 Å². The van der Waals surface area contributed by atoms with Crippen molar-refractivity contribution in [2.75, 3.05) is 13.1 Å². The number of halogens is 1. The summed E-state index contributed by atoms with van der Waals surface area (Å²) in [5, 5.41) is 9.65. The number of carbonyl (C=O) groups is 1. The van der Waals surface area contributed by atoms with E-state index in [1.807, 2.05) is 6.92 Å². The molecule has 0 saturated heterocycles. The predicted molar refractivity (Wildman–Crippen MR) is 71.9 cm³/mol. The van der Waals surface area contributed by atoms with Crippen LogP contribution in [0.25, 0.3) is 0 Å². The van der Waals surface area contributed by atoms with Crippen molar-refractivity contribution < 1.29 is 14.3 Å². The zero-order chi connectivity index (χ0) is 13.8. The molecule has 1 aliphatic rings. The summed E-state index contributed by atoms with van der Waals surface area (Å²) in [5.41, 5.74) is 0.0800. The zero-order valence-corrected chi connectivity index (χ0v) is 11.2. The molecule has 0 aromatic heterocycles. The first kappa shape index (κ1) is 14.0. The Labute approximate surface area is 113 Å². The quantitative estimate of drug-likeness (QED) is 0.832. The lowest BCUT2D eigenvalue weighted by molar-refractivity contribution is 0.0896.